The number of ether oxygens (including phenoxy) is 2. The van der Waals surface area contributed by atoms with Gasteiger partial charge in [-0.3, -0.25) is 4.79 Å². The van der Waals surface area contributed by atoms with Gasteiger partial charge in [-0.25, -0.2) is 0 Å². The summed E-state index contributed by atoms with van der Waals surface area (Å²) in [5.74, 6) is -0.710. The largest absolute Gasteiger partial charge is 0.394 e. The fourth-order valence-electron chi connectivity index (χ4n) is 12.0. The second-order valence-electron chi connectivity index (χ2n) is 26.3. The number of unbranched alkanes of at least 4 members (excludes halogenated alkanes) is 44. The first-order chi connectivity index (χ1) is 43.2. The van der Waals surface area contributed by atoms with E-state index in [2.05, 4.69) is 79.9 Å². The molecule has 1 aliphatic heterocycles. The molecule has 1 amide bonds. The van der Waals surface area contributed by atoms with Crippen molar-refractivity contribution >= 4 is 5.91 Å². The lowest BCUT2D eigenvalue weighted by Crippen LogP contribution is -2.60. The minimum atomic E-state index is -1.68. The molecule has 11 nitrogen and oxygen atoms in total. The Balaban J connectivity index is 2.21. The van der Waals surface area contributed by atoms with E-state index < -0.39 is 74.2 Å². The quantitative estimate of drug-likeness (QED) is 0.0215. The predicted molar refractivity (Wildman–Crippen MR) is 371 cm³/mol. The lowest BCUT2D eigenvalue weighted by atomic mass is 9.98. The molecular weight excluding hydrogens is 1100 g/mol. The number of aliphatic hydroxyl groups excluding tert-OH is 7. The molecule has 1 aliphatic rings. The van der Waals surface area contributed by atoms with Crippen LogP contribution < -0.4 is 5.32 Å². The third-order valence-electron chi connectivity index (χ3n) is 18.0. The van der Waals surface area contributed by atoms with Crippen molar-refractivity contribution in [2.24, 2.45) is 0 Å². The van der Waals surface area contributed by atoms with Gasteiger partial charge in [0.05, 0.1) is 25.4 Å². The second-order valence-corrected chi connectivity index (χ2v) is 26.3. The van der Waals surface area contributed by atoms with E-state index in [4.69, 9.17) is 9.47 Å². The molecule has 0 aromatic heterocycles. The van der Waals surface area contributed by atoms with E-state index >= 15 is 0 Å². The van der Waals surface area contributed by atoms with Crippen molar-refractivity contribution in [1.29, 1.82) is 0 Å². The zero-order valence-corrected chi connectivity index (χ0v) is 57.2. The summed E-state index contributed by atoms with van der Waals surface area (Å²) in [6.07, 6.45) is 76.1. The van der Waals surface area contributed by atoms with Crippen molar-refractivity contribution in [1.82, 2.24) is 5.32 Å². The van der Waals surface area contributed by atoms with Gasteiger partial charge in [0.2, 0.25) is 5.91 Å². The first-order valence-corrected chi connectivity index (χ1v) is 37.7. The number of rotatable bonds is 66. The minimum absolute atomic E-state index is 0.240. The normalized spacial score (nSPS) is 18.9. The number of aliphatic hydroxyl groups is 7. The fourth-order valence-corrected chi connectivity index (χ4v) is 12.0. The zero-order valence-electron chi connectivity index (χ0n) is 57.2. The van der Waals surface area contributed by atoms with Crippen molar-refractivity contribution in [3.05, 3.63) is 60.8 Å². The number of hydrogen-bond acceptors (Lipinski definition) is 10. The molecule has 516 valence electrons. The molecule has 0 bridgehead atoms. The van der Waals surface area contributed by atoms with E-state index in [1.54, 1.807) is 0 Å². The highest BCUT2D eigenvalue weighted by molar-refractivity contribution is 5.80. The van der Waals surface area contributed by atoms with E-state index in [0.717, 1.165) is 51.4 Å². The summed E-state index contributed by atoms with van der Waals surface area (Å²) in [4.78, 5) is 13.3. The Hall–Kier alpha value is -2.19. The molecule has 0 aromatic rings. The van der Waals surface area contributed by atoms with Crippen LogP contribution >= 0.6 is 0 Å². The molecule has 1 fully saturated rings. The summed E-state index contributed by atoms with van der Waals surface area (Å²) in [7, 11) is 0. The number of allylic oxidation sites excluding steroid dienone is 10. The van der Waals surface area contributed by atoms with Gasteiger partial charge in [-0.2, -0.15) is 0 Å². The molecule has 0 radical (unpaired) electrons. The maximum atomic E-state index is 13.3. The zero-order chi connectivity index (χ0) is 63.9. The molecule has 9 atom stereocenters. The first kappa shape index (κ1) is 83.8. The topological polar surface area (TPSA) is 189 Å². The third kappa shape index (κ3) is 51.3. The van der Waals surface area contributed by atoms with E-state index in [9.17, 15) is 40.5 Å². The Morgan fingerprint density at radius 2 is 0.716 bits per heavy atom. The highest BCUT2D eigenvalue weighted by Gasteiger charge is 2.44. The smallest absolute Gasteiger partial charge is 0.249 e. The van der Waals surface area contributed by atoms with Crippen LogP contribution in [-0.2, 0) is 14.3 Å². The van der Waals surface area contributed by atoms with E-state index in [-0.39, 0.29) is 12.8 Å². The SMILES string of the molecule is CCCCCCCCCCC/C=C\C/C=C\CCCCCCCCCCCCCCCCC(O)C(=O)NC(COC1OC(CO)C(O)C(O)C1O)C(O)C(O)CCC/C=C/CC/C=C/CC/C=C/CCCCCCCCCCCCCCCCCCCC. The molecule has 0 spiro atoms. The Morgan fingerprint density at radius 3 is 1.08 bits per heavy atom. The second kappa shape index (κ2) is 64.9. The van der Waals surface area contributed by atoms with Gasteiger partial charge in [-0.15, -0.1) is 0 Å². The van der Waals surface area contributed by atoms with Crippen molar-refractivity contribution in [3.63, 3.8) is 0 Å². The lowest BCUT2D eigenvalue weighted by molar-refractivity contribution is -0.303. The van der Waals surface area contributed by atoms with Gasteiger partial charge in [-0.05, 0) is 96.3 Å². The van der Waals surface area contributed by atoms with Crippen LogP contribution in [0.1, 0.15) is 354 Å². The molecule has 11 heteroatoms. The van der Waals surface area contributed by atoms with Crippen molar-refractivity contribution in [3.8, 4) is 0 Å². The van der Waals surface area contributed by atoms with Crippen LogP contribution in [0.15, 0.2) is 60.8 Å². The van der Waals surface area contributed by atoms with Gasteiger partial charge in [0.1, 0.15) is 36.6 Å². The highest BCUT2D eigenvalue weighted by Crippen LogP contribution is 2.24. The maximum Gasteiger partial charge on any atom is 0.249 e. The number of nitrogens with one attached hydrogen (secondary N) is 1. The summed E-state index contributed by atoms with van der Waals surface area (Å²) in [6.45, 7) is 3.48. The van der Waals surface area contributed by atoms with Gasteiger partial charge in [0.15, 0.2) is 6.29 Å². The Kier molecular flexibility index (Phi) is 61.8. The van der Waals surface area contributed by atoms with Crippen molar-refractivity contribution in [2.75, 3.05) is 13.2 Å². The first-order valence-electron chi connectivity index (χ1n) is 37.7. The van der Waals surface area contributed by atoms with E-state index in [1.165, 1.54) is 257 Å². The predicted octanol–water partition coefficient (Wildman–Crippen LogP) is 18.9. The third-order valence-corrected chi connectivity index (χ3v) is 18.0. The average molecular weight is 1240 g/mol. The minimum Gasteiger partial charge on any atom is -0.394 e. The summed E-state index contributed by atoms with van der Waals surface area (Å²) in [6, 6.07) is -1.20. The number of amides is 1. The molecule has 0 saturated carbocycles. The van der Waals surface area contributed by atoms with Crippen LogP contribution in [0.25, 0.3) is 0 Å². The Bertz CT molecular complexity index is 1620. The highest BCUT2D eigenvalue weighted by atomic mass is 16.7. The van der Waals surface area contributed by atoms with Crippen LogP contribution in [0.2, 0.25) is 0 Å². The van der Waals surface area contributed by atoms with Crippen LogP contribution in [0.3, 0.4) is 0 Å². The van der Waals surface area contributed by atoms with Gasteiger partial charge in [-0.1, -0.05) is 319 Å². The van der Waals surface area contributed by atoms with Gasteiger partial charge < -0.3 is 50.5 Å². The summed E-state index contributed by atoms with van der Waals surface area (Å²) >= 11 is 0. The van der Waals surface area contributed by atoms with Crippen LogP contribution in [0.5, 0.6) is 0 Å². The number of hydrogen-bond donors (Lipinski definition) is 8. The van der Waals surface area contributed by atoms with Crippen LogP contribution in [-0.4, -0.2) is 110 Å². The molecule has 1 saturated heterocycles. The monoisotopic (exact) mass is 1240 g/mol. The molecule has 0 aliphatic carbocycles. The summed E-state index contributed by atoms with van der Waals surface area (Å²) < 4.78 is 11.2. The molecule has 9 unspecified atom stereocenters. The molecule has 8 N–H and O–H groups in total. The fraction of sp³-hybridized carbons (Fsp3) is 0.857. The number of carbonyl (C=O) groups is 1. The Morgan fingerprint density at radius 1 is 0.398 bits per heavy atom. The van der Waals surface area contributed by atoms with Crippen LogP contribution in [0.4, 0.5) is 0 Å². The Labute approximate surface area is 542 Å². The molecule has 1 rings (SSSR count). The summed E-state index contributed by atoms with van der Waals surface area (Å²) in [5, 5.41) is 76.6. The van der Waals surface area contributed by atoms with Gasteiger partial charge >= 0.3 is 0 Å². The van der Waals surface area contributed by atoms with Gasteiger partial charge in [0.25, 0.3) is 0 Å². The molecule has 0 aromatic carbocycles. The lowest BCUT2D eigenvalue weighted by Gasteiger charge is -2.40. The van der Waals surface area contributed by atoms with E-state index in [0.29, 0.717) is 19.3 Å². The maximum absolute atomic E-state index is 13.3. The number of carbonyl (C=O) groups excluding carboxylic acids is 1. The standard InChI is InChI=1S/C77H143NO10/c1-3-5-7-9-11-13-15-17-19-21-23-25-27-29-31-33-35-37-38-40-42-44-46-48-50-52-54-56-58-60-62-64-69(80)72(82)68(67-87-77-75(85)74(84)73(83)71(66-79)88-77)78-76(86)70(81)65-63-61-59-57-55-53-51-49-47-45-43-41-39-36-34-32-30-28-26-24-22-20-18-16-14-12-10-8-6-4-2/h24,26,30,32,40,42,48,50,56,58,68-75,77,79-85H,3-23,25,27-29,31,33-39,41,43-47,49,51-55,57,59-67H2,1-2H3,(H,78,86)/b26-24-,32-30-,42-40+,50-48+,58-56+. The van der Waals surface area contributed by atoms with Crippen molar-refractivity contribution in [2.45, 2.75) is 409 Å². The molecular formula is C77H143NO10. The molecule has 1 heterocycles. The van der Waals surface area contributed by atoms with Gasteiger partial charge in [0, 0.05) is 0 Å². The summed E-state index contributed by atoms with van der Waals surface area (Å²) in [5.41, 5.74) is 0. The van der Waals surface area contributed by atoms with Crippen LogP contribution in [0, 0.1) is 0 Å². The molecule has 88 heavy (non-hydrogen) atoms. The van der Waals surface area contributed by atoms with E-state index in [1.807, 2.05) is 0 Å². The average Bonchev–Trinajstić information content (AvgIpc) is 2.67. The van der Waals surface area contributed by atoms with Crippen molar-refractivity contribution < 1.29 is 50.0 Å².